The summed E-state index contributed by atoms with van der Waals surface area (Å²) in [6.45, 7) is 0. The minimum atomic E-state index is 0.613. The molecule has 0 aromatic heterocycles. The van der Waals surface area contributed by atoms with Gasteiger partial charge in [0.25, 0.3) is 0 Å². The molecule has 4 heteroatoms. The summed E-state index contributed by atoms with van der Waals surface area (Å²) in [6.07, 6.45) is 2.59. The molecule has 0 rings (SSSR count). The molecule has 0 aromatic rings. The topological polar surface area (TPSA) is 35.9 Å². The number of hydrogen-bond donors (Lipinski definition) is 2. The van der Waals surface area contributed by atoms with Crippen LogP contribution < -0.4 is 4.84 Å². The quantitative estimate of drug-likeness (QED) is 0.495. The summed E-state index contributed by atoms with van der Waals surface area (Å²) < 4.78 is 0.613. The Morgan fingerprint density at radius 3 is 2.57 bits per heavy atom. The van der Waals surface area contributed by atoms with Crippen LogP contribution in [0.1, 0.15) is 0 Å². The lowest BCUT2D eigenvalue weighted by Crippen LogP contribution is -1.83. The molecule has 2 N–H and O–H groups in total. The van der Waals surface area contributed by atoms with Gasteiger partial charge in [-0.2, -0.15) is 0 Å². The van der Waals surface area contributed by atoms with Gasteiger partial charge in [-0.1, -0.05) is 0 Å². The summed E-state index contributed by atoms with van der Waals surface area (Å²) in [5.74, 6) is 0. The smallest absolute Gasteiger partial charge is 0.0520 e. The fourth-order valence-electron chi connectivity index (χ4n) is 0.0938. The van der Waals surface area contributed by atoms with Gasteiger partial charge in [0.1, 0.15) is 0 Å². The maximum absolute atomic E-state index is 6.57. The van der Waals surface area contributed by atoms with E-state index in [2.05, 4.69) is 20.8 Å². The van der Waals surface area contributed by atoms with Crippen molar-refractivity contribution in [3.8, 4) is 0 Å². The van der Waals surface area contributed by atoms with Crippen LogP contribution in [0.3, 0.4) is 0 Å². The van der Waals surface area contributed by atoms with Crippen molar-refractivity contribution in [3.63, 3.8) is 0 Å². The monoisotopic (exact) mass is 182 g/mol. The third-order valence-electron chi connectivity index (χ3n) is 0.330. The fraction of sp³-hybridized carbons (Fsp3) is 0. The van der Waals surface area contributed by atoms with Crippen molar-refractivity contribution < 1.29 is 0 Å². The molecule has 0 bridgehead atoms. The molecule has 0 aliphatic rings. The Morgan fingerprint density at radius 1 is 1.86 bits per heavy atom. The molecule has 0 aliphatic heterocycles. The van der Waals surface area contributed by atoms with E-state index in [4.69, 9.17) is 17.2 Å². The van der Waals surface area contributed by atoms with Crippen molar-refractivity contribution in [1.82, 2.24) is 4.84 Å². The highest BCUT2D eigenvalue weighted by Gasteiger charge is 1.76. The van der Waals surface area contributed by atoms with Crippen LogP contribution in [0.2, 0.25) is 0 Å². The first kappa shape index (κ1) is 6.98. The van der Waals surface area contributed by atoms with Gasteiger partial charge in [0.2, 0.25) is 0 Å². The van der Waals surface area contributed by atoms with E-state index < -0.39 is 0 Å². The zero-order valence-electron chi connectivity index (χ0n) is 3.41. The van der Waals surface area contributed by atoms with E-state index in [-0.39, 0.29) is 0 Å². The first-order valence-corrected chi connectivity index (χ1v) is 2.70. The van der Waals surface area contributed by atoms with Gasteiger partial charge in [-0.3, -0.25) is 0 Å². The Bertz CT molecular complexity index is 90.9. The highest BCUT2D eigenvalue weighted by Crippen LogP contribution is 1.96. The van der Waals surface area contributed by atoms with Gasteiger partial charge < -0.3 is 10.2 Å². The molecule has 40 valence electrons. The van der Waals surface area contributed by atoms with Crippen LogP contribution in [-0.4, -0.2) is 6.21 Å². The van der Waals surface area contributed by atoms with E-state index in [1.54, 1.807) is 0 Å². The van der Waals surface area contributed by atoms with Crippen molar-refractivity contribution in [1.29, 1.82) is 5.41 Å². The summed E-state index contributed by atoms with van der Waals surface area (Å²) in [6, 6.07) is 0. The second kappa shape index (κ2) is 4.15. The van der Waals surface area contributed by atoms with E-state index in [1.165, 1.54) is 6.20 Å². The first-order valence-electron chi connectivity index (χ1n) is 1.53. The van der Waals surface area contributed by atoms with Crippen LogP contribution in [0.25, 0.3) is 0 Å². The average molecular weight is 183 g/mol. The molecule has 0 aliphatic carbocycles. The van der Waals surface area contributed by atoms with Gasteiger partial charge in [-0.05, 0) is 15.9 Å². The van der Waals surface area contributed by atoms with Crippen molar-refractivity contribution in [2.24, 2.45) is 0 Å². The molecule has 0 fully saturated rings. The Balaban J connectivity index is 3.49. The van der Waals surface area contributed by atoms with Crippen LogP contribution in [0.5, 0.6) is 0 Å². The van der Waals surface area contributed by atoms with E-state index in [0.29, 0.717) is 4.48 Å². The number of hydrogen-bond acceptors (Lipinski definition) is 2. The summed E-state index contributed by atoms with van der Waals surface area (Å²) in [4.78, 5) is 2.23. The Hall–Kier alpha value is -0.0200. The van der Waals surface area contributed by atoms with Crippen molar-refractivity contribution in [3.05, 3.63) is 10.7 Å². The van der Waals surface area contributed by atoms with Crippen LogP contribution in [0, 0.1) is 5.41 Å². The third-order valence-corrected chi connectivity index (χ3v) is 0.897. The van der Waals surface area contributed by atoms with Gasteiger partial charge in [0.05, 0.1) is 4.48 Å². The summed E-state index contributed by atoms with van der Waals surface area (Å²) in [7, 11) is 0. The van der Waals surface area contributed by atoms with Crippen LogP contribution in [0.4, 0.5) is 0 Å². The molecule has 2 nitrogen and oxygen atoms in total. The predicted molar refractivity (Wildman–Crippen MR) is 34.8 cm³/mol. The maximum atomic E-state index is 6.57. The predicted octanol–water partition coefficient (Wildman–Crippen LogP) is 1.62. The molecule has 0 aromatic carbocycles. The molecular formula is C3H4BrClN2. The number of halogens is 2. The van der Waals surface area contributed by atoms with Crippen LogP contribution in [0.15, 0.2) is 10.7 Å². The van der Waals surface area contributed by atoms with E-state index in [9.17, 15) is 0 Å². The number of allylic oxidation sites excluding steroid dienone is 1. The average Bonchev–Trinajstić information content (AvgIpc) is 1.68. The minimum absolute atomic E-state index is 0.613. The highest BCUT2D eigenvalue weighted by molar-refractivity contribution is 9.12. The lowest BCUT2D eigenvalue weighted by molar-refractivity contribution is 1.39. The first-order chi connectivity index (χ1) is 3.31. The zero-order chi connectivity index (χ0) is 5.70. The van der Waals surface area contributed by atoms with E-state index in [1.807, 2.05) is 0 Å². The Morgan fingerprint density at radius 2 is 2.43 bits per heavy atom. The Labute approximate surface area is 55.3 Å². The normalized spacial score (nSPS) is 10.9. The van der Waals surface area contributed by atoms with Gasteiger partial charge >= 0.3 is 0 Å². The van der Waals surface area contributed by atoms with E-state index >= 15 is 0 Å². The fourth-order valence-corrected chi connectivity index (χ4v) is 0.458. The standard InChI is InChI=1S/C3H4BrClN2/c4-3(1-6)2-7-5/h1-2,6-7H/b3-2+,6-1?. The SMILES string of the molecule is N=C/C(Br)=C\NCl. The molecule has 0 heterocycles. The van der Waals surface area contributed by atoms with Gasteiger partial charge in [-0.25, -0.2) is 0 Å². The molecule has 0 spiro atoms. The second-order valence-electron chi connectivity index (χ2n) is 0.783. The maximum Gasteiger partial charge on any atom is 0.0520 e. The third kappa shape index (κ3) is 3.82. The van der Waals surface area contributed by atoms with Crippen LogP contribution in [-0.2, 0) is 0 Å². The highest BCUT2D eigenvalue weighted by atomic mass is 79.9. The molecule has 7 heavy (non-hydrogen) atoms. The number of nitrogens with one attached hydrogen (secondary N) is 2. The molecular weight excluding hydrogens is 179 g/mol. The van der Waals surface area contributed by atoms with Crippen molar-refractivity contribution in [2.75, 3.05) is 0 Å². The van der Waals surface area contributed by atoms with Gasteiger partial charge in [-0.15, -0.1) is 0 Å². The van der Waals surface area contributed by atoms with Crippen molar-refractivity contribution >= 4 is 33.9 Å². The lowest BCUT2D eigenvalue weighted by Gasteiger charge is -1.81. The molecule has 0 amide bonds. The molecule has 0 saturated heterocycles. The number of rotatable bonds is 2. The van der Waals surface area contributed by atoms with E-state index in [0.717, 1.165) is 6.21 Å². The second-order valence-corrected chi connectivity index (χ2v) is 1.92. The molecule has 0 radical (unpaired) electrons. The summed E-state index contributed by atoms with van der Waals surface area (Å²) in [5, 5.41) is 6.57. The summed E-state index contributed by atoms with van der Waals surface area (Å²) >= 11 is 8.02. The molecule has 0 unspecified atom stereocenters. The van der Waals surface area contributed by atoms with Crippen LogP contribution >= 0.6 is 27.7 Å². The minimum Gasteiger partial charge on any atom is -0.308 e. The lowest BCUT2D eigenvalue weighted by atomic mass is 10.7. The molecule has 0 atom stereocenters. The van der Waals surface area contributed by atoms with Gasteiger partial charge in [0, 0.05) is 24.2 Å². The van der Waals surface area contributed by atoms with Crippen molar-refractivity contribution in [2.45, 2.75) is 0 Å². The van der Waals surface area contributed by atoms with Gasteiger partial charge in [0.15, 0.2) is 0 Å². The Kier molecular flexibility index (Phi) is 4.14. The zero-order valence-corrected chi connectivity index (χ0v) is 5.75. The summed E-state index contributed by atoms with van der Waals surface area (Å²) in [5.41, 5.74) is 0. The molecule has 0 saturated carbocycles. The largest absolute Gasteiger partial charge is 0.308 e.